The van der Waals surface area contributed by atoms with E-state index >= 15 is 0 Å². The predicted octanol–water partition coefficient (Wildman–Crippen LogP) is 3.18. The second kappa shape index (κ2) is 8.43. The molecule has 0 aromatic heterocycles. The molecule has 0 spiro atoms. The highest BCUT2D eigenvalue weighted by atomic mass is 16.5. The molecule has 0 aliphatic heterocycles. The van der Waals surface area contributed by atoms with Gasteiger partial charge >= 0.3 is 0 Å². The SMILES string of the molecule is CO/C(=C\c1ccc(OC)cc1)C(=O)N/C=C/c1ccc(O)cc1. The lowest BCUT2D eigenvalue weighted by atomic mass is 10.2. The third kappa shape index (κ3) is 4.91. The van der Waals surface area contributed by atoms with E-state index in [1.807, 2.05) is 24.3 Å². The molecule has 0 saturated heterocycles. The summed E-state index contributed by atoms with van der Waals surface area (Å²) in [6.07, 6.45) is 4.89. The topological polar surface area (TPSA) is 67.8 Å². The Balaban J connectivity index is 2.02. The van der Waals surface area contributed by atoms with E-state index in [4.69, 9.17) is 9.47 Å². The number of carbonyl (C=O) groups is 1. The average Bonchev–Trinajstić information content (AvgIpc) is 2.61. The first-order valence-electron chi connectivity index (χ1n) is 7.28. The summed E-state index contributed by atoms with van der Waals surface area (Å²) in [5.74, 6) is 0.770. The van der Waals surface area contributed by atoms with Crippen LogP contribution in [0.2, 0.25) is 0 Å². The van der Waals surface area contributed by atoms with Gasteiger partial charge in [-0.1, -0.05) is 24.3 Å². The Morgan fingerprint density at radius 3 is 2.21 bits per heavy atom. The minimum Gasteiger partial charge on any atom is -0.508 e. The van der Waals surface area contributed by atoms with Crippen molar-refractivity contribution in [2.45, 2.75) is 0 Å². The van der Waals surface area contributed by atoms with Gasteiger partial charge in [0.25, 0.3) is 5.91 Å². The van der Waals surface area contributed by atoms with E-state index in [0.29, 0.717) is 0 Å². The van der Waals surface area contributed by atoms with Crippen LogP contribution in [-0.4, -0.2) is 25.2 Å². The minimum atomic E-state index is -0.358. The van der Waals surface area contributed by atoms with Crippen molar-refractivity contribution in [1.29, 1.82) is 0 Å². The molecule has 0 unspecified atom stereocenters. The van der Waals surface area contributed by atoms with Crippen molar-refractivity contribution in [1.82, 2.24) is 5.32 Å². The summed E-state index contributed by atoms with van der Waals surface area (Å²) in [6, 6.07) is 13.9. The highest BCUT2D eigenvalue weighted by Gasteiger charge is 2.08. The fourth-order valence-electron chi connectivity index (χ4n) is 1.94. The Morgan fingerprint density at radius 1 is 1.00 bits per heavy atom. The highest BCUT2D eigenvalue weighted by Crippen LogP contribution is 2.14. The van der Waals surface area contributed by atoms with E-state index in [9.17, 15) is 9.90 Å². The van der Waals surface area contributed by atoms with Crippen LogP contribution >= 0.6 is 0 Å². The summed E-state index contributed by atoms with van der Waals surface area (Å²) in [5.41, 5.74) is 1.68. The molecule has 124 valence electrons. The summed E-state index contributed by atoms with van der Waals surface area (Å²) in [6.45, 7) is 0. The van der Waals surface area contributed by atoms with Crippen LogP contribution in [0.3, 0.4) is 0 Å². The van der Waals surface area contributed by atoms with Gasteiger partial charge in [0.2, 0.25) is 0 Å². The summed E-state index contributed by atoms with van der Waals surface area (Å²) < 4.78 is 10.2. The molecule has 0 fully saturated rings. The van der Waals surface area contributed by atoms with Crippen molar-refractivity contribution in [2.24, 2.45) is 0 Å². The van der Waals surface area contributed by atoms with Gasteiger partial charge in [0.1, 0.15) is 11.5 Å². The number of aromatic hydroxyl groups is 1. The molecular formula is C19H19NO4. The second-order valence-corrected chi connectivity index (χ2v) is 4.88. The number of carbonyl (C=O) groups excluding carboxylic acids is 1. The molecule has 5 heteroatoms. The summed E-state index contributed by atoms with van der Waals surface area (Å²) in [7, 11) is 3.04. The van der Waals surface area contributed by atoms with Gasteiger partial charge in [0.15, 0.2) is 5.76 Å². The van der Waals surface area contributed by atoms with Gasteiger partial charge in [-0.3, -0.25) is 4.79 Å². The molecule has 24 heavy (non-hydrogen) atoms. The second-order valence-electron chi connectivity index (χ2n) is 4.88. The third-order valence-corrected chi connectivity index (χ3v) is 3.24. The van der Waals surface area contributed by atoms with Gasteiger partial charge in [-0.15, -0.1) is 0 Å². The van der Waals surface area contributed by atoms with Gasteiger partial charge < -0.3 is 19.9 Å². The number of ether oxygens (including phenoxy) is 2. The lowest BCUT2D eigenvalue weighted by Gasteiger charge is -2.05. The smallest absolute Gasteiger partial charge is 0.290 e. The average molecular weight is 325 g/mol. The predicted molar refractivity (Wildman–Crippen MR) is 93.3 cm³/mol. The Kier molecular flexibility index (Phi) is 6.02. The first-order chi connectivity index (χ1) is 11.6. The molecule has 2 aromatic carbocycles. The van der Waals surface area contributed by atoms with Crippen molar-refractivity contribution in [3.8, 4) is 11.5 Å². The molecule has 1 amide bonds. The number of benzene rings is 2. The Labute approximate surface area is 140 Å². The van der Waals surface area contributed by atoms with Crippen LogP contribution in [-0.2, 0) is 9.53 Å². The maximum Gasteiger partial charge on any atom is 0.290 e. The molecule has 0 bridgehead atoms. The number of methoxy groups -OCH3 is 2. The van der Waals surface area contributed by atoms with E-state index in [0.717, 1.165) is 16.9 Å². The number of phenolic OH excluding ortho intramolecular Hbond substituents is 1. The van der Waals surface area contributed by atoms with Gasteiger partial charge in [0.05, 0.1) is 14.2 Å². The number of hydrogen-bond donors (Lipinski definition) is 2. The maximum absolute atomic E-state index is 12.1. The fraction of sp³-hybridized carbons (Fsp3) is 0.105. The van der Waals surface area contributed by atoms with Gasteiger partial charge in [-0.25, -0.2) is 0 Å². The lowest BCUT2D eigenvalue weighted by Crippen LogP contribution is -2.20. The lowest BCUT2D eigenvalue weighted by molar-refractivity contribution is -0.119. The van der Waals surface area contributed by atoms with Crippen LogP contribution in [0.4, 0.5) is 0 Å². The quantitative estimate of drug-likeness (QED) is 0.632. The van der Waals surface area contributed by atoms with Crippen molar-refractivity contribution >= 4 is 18.1 Å². The summed E-state index contributed by atoms with van der Waals surface area (Å²) >= 11 is 0. The Morgan fingerprint density at radius 2 is 1.62 bits per heavy atom. The van der Waals surface area contributed by atoms with E-state index in [1.165, 1.54) is 13.3 Å². The van der Waals surface area contributed by atoms with Crippen LogP contribution in [0, 0.1) is 0 Å². The highest BCUT2D eigenvalue weighted by molar-refractivity contribution is 5.96. The number of amides is 1. The number of rotatable bonds is 6. The van der Waals surface area contributed by atoms with Crippen LogP contribution in [0.25, 0.3) is 12.2 Å². The minimum absolute atomic E-state index is 0.190. The zero-order chi connectivity index (χ0) is 17.4. The van der Waals surface area contributed by atoms with Gasteiger partial charge in [-0.05, 0) is 47.5 Å². The van der Waals surface area contributed by atoms with E-state index in [1.54, 1.807) is 43.5 Å². The largest absolute Gasteiger partial charge is 0.508 e. The molecule has 2 N–H and O–H groups in total. The van der Waals surface area contributed by atoms with Crippen molar-refractivity contribution in [3.63, 3.8) is 0 Å². The van der Waals surface area contributed by atoms with E-state index in [2.05, 4.69) is 5.32 Å². The fourth-order valence-corrected chi connectivity index (χ4v) is 1.94. The molecule has 0 heterocycles. The molecule has 2 rings (SSSR count). The molecule has 2 aromatic rings. The van der Waals surface area contributed by atoms with E-state index in [-0.39, 0.29) is 17.4 Å². The number of hydrogen-bond acceptors (Lipinski definition) is 4. The zero-order valence-corrected chi connectivity index (χ0v) is 13.5. The van der Waals surface area contributed by atoms with Gasteiger partial charge in [0, 0.05) is 6.20 Å². The van der Waals surface area contributed by atoms with E-state index < -0.39 is 0 Å². The zero-order valence-electron chi connectivity index (χ0n) is 13.5. The Hall–Kier alpha value is -3.21. The first-order valence-corrected chi connectivity index (χ1v) is 7.28. The molecule has 0 saturated carbocycles. The van der Waals surface area contributed by atoms with Crippen LogP contribution in [0.1, 0.15) is 11.1 Å². The van der Waals surface area contributed by atoms with Crippen molar-refractivity contribution in [3.05, 3.63) is 71.6 Å². The molecule has 5 nitrogen and oxygen atoms in total. The van der Waals surface area contributed by atoms with Gasteiger partial charge in [-0.2, -0.15) is 0 Å². The number of nitrogens with one attached hydrogen (secondary N) is 1. The van der Waals surface area contributed by atoms with Crippen molar-refractivity contribution < 1.29 is 19.4 Å². The molecule has 0 aliphatic carbocycles. The Bertz CT molecular complexity index is 731. The van der Waals surface area contributed by atoms with Crippen LogP contribution in [0.15, 0.2) is 60.5 Å². The molecule has 0 radical (unpaired) electrons. The summed E-state index contributed by atoms with van der Waals surface area (Å²) in [5, 5.41) is 11.9. The first kappa shape index (κ1) is 17.1. The number of phenols is 1. The van der Waals surface area contributed by atoms with Crippen LogP contribution < -0.4 is 10.1 Å². The normalized spacial score (nSPS) is 11.3. The summed E-state index contributed by atoms with van der Waals surface area (Å²) in [4.78, 5) is 12.1. The third-order valence-electron chi connectivity index (χ3n) is 3.24. The molecule has 0 atom stereocenters. The van der Waals surface area contributed by atoms with Crippen LogP contribution in [0.5, 0.6) is 11.5 Å². The molecule has 0 aliphatic rings. The maximum atomic E-state index is 12.1. The monoisotopic (exact) mass is 325 g/mol. The van der Waals surface area contributed by atoms with Crippen molar-refractivity contribution in [2.75, 3.05) is 14.2 Å². The standard InChI is InChI=1S/C19H19NO4/c1-23-17-9-5-15(6-10-17)13-18(24-2)19(22)20-12-11-14-3-7-16(21)8-4-14/h3-13,21H,1-2H3,(H,20,22)/b12-11+,18-13-. The molecular weight excluding hydrogens is 306 g/mol.